The first-order chi connectivity index (χ1) is 11.0. The Hall–Kier alpha value is -3.33. The number of primary amides is 1. The molecule has 3 N–H and O–H groups in total. The van der Waals surface area contributed by atoms with Gasteiger partial charge in [0.25, 0.3) is 5.91 Å². The summed E-state index contributed by atoms with van der Waals surface area (Å²) in [6.45, 7) is 1.59. The lowest BCUT2D eigenvalue weighted by molar-refractivity contribution is -0.122. The van der Waals surface area contributed by atoms with E-state index in [0.717, 1.165) is 0 Å². The molecule has 0 saturated carbocycles. The van der Waals surface area contributed by atoms with Gasteiger partial charge in [-0.3, -0.25) is 9.59 Å². The fraction of sp³-hybridized carbons (Fsp3) is 0.118. The second kappa shape index (κ2) is 7.09. The van der Waals surface area contributed by atoms with Gasteiger partial charge in [0, 0.05) is 5.56 Å². The zero-order valence-electron chi connectivity index (χ0n) is 12.4. The number of para-hydroxylation sites is 1. The van der Waals surface area contributed by atoms with Gasteiger partial charge in [-0.15, -0.1) is 0 Å². The maximum atomic E-state index is 12.1. The maximum Gasteiger partial charge on any atom is 0.265 e. The third kappa shape index (κ3) is 4.08. The topological polar surface area (TPSA) is 105 Å². The first kappa shape index (κ1) is 16.0. The molecular weight excluding hydrogens is 294 g/mol. The molecule has 2 aromatic carbocycles. The molecule has 0 radical (unpaired) electrons. The molecule has 6 nitrogen and oxygen atoms in total. The molecule has 0 spiro atoms. The van der Waals surface area contributed by atoms with Crippen molar-refractivity contribution in [3.05, 3.63) is 59.7 Å². The van der Waals surface area contributed by atoms with E-state index in [2.05, 4.69) is 5.32 Å². The fourth-order valence-corrected chi connectivity index (χ4v) is 1.88. The first-order valence-electron chi connectivity index (χ1n) is 6.88. The lowest BCUT2D eigenvalue weighted by atomic mass is 10.2. The van der Waals surface area contributed by atoms with Crippen molar-refractivity contribution in [3.63, 3.8) is 0 Å². The highest BCUT2D eigenvalue weighted by molar-refractivity contribution is 5.95. The van der Waals surface area contributed by atoms with Crippen LogP contribution in [0.15, 0.2) is 48.5 Å². The first-order valence-corrected chi connectivity index (χ1v) is 6.88. The second-order valence-corrected chi connectivity index (χ2v) is 4.80. The van der Waals surface area contributed by atoms with Gasteiger partial charge in [-0.05, 0) is 43.3 Å². The summed E-state index contributed by atoms with van der Waals surface area (Å²) < 4.78 is 5.51. The molecule has 0 aliphatic rings. The number of nitrogens with two attached hydrogens (primary N) is 1. The van der Waals surface area contributed by atoms with Crippen LogP contribution in [0.5, 0.6) is 5.75 Å². The van der Waals surface area contributed by atoms with Crippen molar-refractivity contribution in [2.75, 3.05) is 5.32 Å². The van der Waals surface area contributed by atoms with Gasteiger partial charge in [0.1, 0.15) is 11.8 Å². The van der Waals surface area contributed by atoms with Crippen molar-refractivity contribution in [2.45, 2.75) is 13.0 Å². The average molecular weight is 309 g/mol. The molecule has 0 aromatic heterocycles. The van der Waals surface area contributed by atoms with Gasteiger partial charge >= 0.3 is 0 Å². The van der Waals surface area contributed by atoms with Crippen LogP contribution in [0.4, 0.5) is 5.69 Å². The summed E-state index contributed by atoms with van der Waals surface area (Å²) in [4.78, 5) is 23.1. The van der Waals surface area contributed by atoms with Crippen LogP contribution >= 0.6 is 0 Å². The van der Waals surface area contributed by atoms with E-state index < -0.39 is 12.0 Å². The molecule has 1 atom stereocenters. The molecule has 0 unspecified atom stereocenters. The lowest BCUT2D eigenvalue weighted by Crippen LogP contribution is -2.30. The standard InChI is InChI=1S/C17H15N3O3/c1-11(23-14-8-6-12(7-9-14)16(19)21)17(22)20-15-5-3-2-4-13(15)10-18/h2-9,11H,1H3,(H2,19,21)(H,20,22)/t11-/m0/s1. The van der Waals surface area contributed by atoms with Gasteiger partial charge in [-0.2, -0.15) is 5.26 Å². The Kier molecular flexibility index (Phi) is 4.95. The van der Waals surface area contributed by atoms with E-state index in [9.17, 15) is 9.59 Å². The van der Waals surface area contributed by atoms with E-state index in [1.807, 2.05) is 6.07 Å². The Bertz CT molecular complexity index is 763. The largest absolute Gasteiger partial charge is 0.481 e. The third-order valence-electron chi connectivity index (χ3n) is 3.13. The highest BCUT2D eigenvalue weighted by Gasteiger charge is 2.16. The van der Waals surface area contributed by atoms with Crippen molar-refractivity contribution in [1.29, 1.82) is 5.26 Å². The summed E-state index contributed by atoms with van der Waals surface area (Å²) in [5, 5.41) is 11.7. The van der Waals surface area contributed by atoms with Gasteiger partial charge in [0.15, 0.2) is 6.10 Å². The summed E-state index contributed by atoms with van der Waals surface area (Å²) >= 11 is 0. The number of nitriles is 1. The molecule has 0 saturated heterocycles. The molecule has 23 heavy (non-hydrogen) atoms. The Morgan fingerprint density at radius 3 is 2.43 bits per heavy atom. The van der Waals surface area contributed by atoms with Gasteiger partial charge in [0.05, 0.1) is 11.3 Å². The van der Waals surface area contributed by atoms with Crippen molar-refractivity contribution >= 4 is 17.5 Å². The summed E-state index contributed by atoms with van der Waals surface area (Å²) in [6, 6.07) is 14.9. The van der Waals surface area contributed by atoms with Gasteiger partial charge in [-0.25, -0.2) is 0 Å². The van der Waals surface area contributed by atoms with E-state index >= 15 is 0 Å². The van der Waals surface area contributed by atoms with E-state index in [4.69, 9.17) is 15.7 Å². The second-order valence-electron chi connectivity index (χ2n) is 4.80. The molecule has 2 rings (SSSR count). The van der Waals surface area contributed by atoms with Crippen LogP contribution in [0.2, 0.25) is 0 Å². The molecule has 0 bridgehead atoms. The van der Waals surface area contributed by atoms with Crippen molar-refractivity contribution in [3.8, 4) is 11.8 Å². The zero-order valence-corrected chi connectivity index (χ0v) is 12.4. The quantitative estimate of drug-likeness (QED) is 0.881. The normalized spacial score (nSPS) is 11.1. The van der Waals surface area contributed by atoms with Crippen molar-refractivity contribution in [2.24, 2.45) is 5.73 Å². The molecule has 0 fully saturated rings. The third-order valence-corrected chi connectivity index (χ3v) is 3.13. The lowest BCUT2D eigenvalue weighted by Gasteiger charge is -2.15. The van der Waals surface area contributed by atoms with Crippen LogP contribution in [0.25, 0.3) is 0 Å². The molecule has 0 aliphatic heterocycles. The number of ether oxygens (including phenoxy) is 1. The number of rotatable bonds is 5. The number of carbonyl (C=O) groups is 2. The average Bonchev–Trinajstić information content (AvgIpc) is 2.55. The summed E-state index contributed by atoms with van der Waals surface area (Å²) in [6.07, 6.45) is -0.777. The predicted octanol–water partition coefficient (Wildman–Crippen LogP) is 2.06. The molecule has 2 amide bonds. The fourth-order valence-electron chi connectivity index (χ4n) is 1.88. The van der Waals surface area contributed by atoms with Gasteiger partial charge < -0.3 is 15.8 Å². The summed E-state index contributed by atoms with van der Waals surface area (Å²) in [5.41, 5.74) is 6.32. The molecule has 2 aromatic rings. The molecule has 0 aliphatic carbocycles. The van der Waals surface area contributed by atoms with Crippen LogP contribution < -0.4 is 15.8 Å². The van der Waals surface area contributed by atoms with Crippen molar-refractivity contribution < 1.29 is 14.3 Å². The van der Waals surface area contributed by atoms with E-state index in [1.165, 1.54) is 12.1 Å². The summed E-state index contributed by atoms with van der Waals surface area (Å²) in [7, 11) is 0. The number of hydrogen-bond acceptors (Lipinski definition) is 4. The van der Waals surface area contributed by atoms with Crippen LogP contribution in [-0.2, 0) is 4.79 Å². The van der Waals surface area contributed by atoms with Crippen molar-refractivity contribution in [1.82, 2.24) is 0 Å². The van der Waals surface area contributed by atoms with Crippen LogP contribution in [-0.4, -0.2) is 17.9 Å². The van der Waals surface area contributed by atoms with E-state index in [0.29, 0.717) is 22.6 Å². The summed E-state index contributed by atoms with van der Waals surface area (Å²) in [5.74, 6) is -0.478. The number of amides is 2. The number of nitrogens with one attached hydrogen (secondary N) is 1. The Labute approximate surface area is 133 Å². The monoisotopic (exact) mass is 309 g/mol. The van der Waals surface area contributed by atoms with E-state index in [1.54, 1.807) is 43.3 Å². The smallest absolute Gasteiger partial charge is 0.265 e. The SMILES string of the molecule is C[C@H](Oc1ccc(C(N)=O)cc1)C(=O)Nc1ccccc1C#N. The van der Waals surface area contributed by atoms with Crippen LogP contribution in [0, 0.1) is 11.3 Å². The highest BCUT2D eigenvalue weighted by atomic mass is 16.5. The van der Waals surface area contributed by atoms with E-state index in [-0.39, 0.29) is 5.91 Å². The molecule has 116 valence electrons. The minimum atomic E-state index is -0.777. The number of anilines is 1. The maximum absolute atomic E-state index is 12.1. The molecule has 0 heterocycles. The minimum absolute atomic E-state index is 0.359. The molecule has 6 heteroatoms. The van der Waals surface area contributed by atoms with Gasteiger partial charge in [-0.1, -0.05) is 12.1 Å². The number of carbonyl (C=O) groups excluding carboxylic acids is 2. The van der Waals surface area contributed by atoms with Crippen LogP contribution in [0.1, 0.15) is 22.8 Å². The highest BCUT2D eigenvalue weighted by Crippen LogP contribution is 2.16. The van der Waals surface area contributed by atoms with Crippen LogP contribution in [0.3, 0.4) is 0 Å². The zero-order chi connectivity index (χ0) is 16.8. The Morgan fingerprint density at radius 1 is 1.17 bits per heavy atom. The predicted molar refractivity (Wildman–Crippen MR) is 84.8 cm³/mol. The molecular formula is C17H15N3O3. The number of hydrogen-bond donors (Lipinski definition) is 2. The van der Waals surface area contributed by atoms with Gasteiger partial charge in [0.2, 0.25) is 5.91 Å². The number of nitrogens with zero attached hydrogens (tertiary/aromatic N) is 1. The Morgan fingerprint density at radius 2 is 1.83 bits per heavy atom. The minimum Gasteiger partial charge on any atom is -0.481 e. The number of benzene rings is 2. The Balaban J connectivity index is 2.02.